The smallest absolute Gasteiger partial charge is 0.274 e. The molecule has 0 radical (unpaired) electrons. The minimum absolute atomic E-state index is 0.130. The number of aliphatic hydroxyl groups is 1. The van der Waals surface area contributed by atoms with E-state index in [4.69, 9.17) is 10.5 Å². The van der Waals surface area contributed by atoms with Crippen LogP contribution >= 0.6 is 0 Å². The van der Waals surface area contributed by atoms with Crippen molar-refractivity contribution in [3.8, 4) is 0 Å². The number of nitrogens with two attached hydrogens (primary N) is 1. The molecule has 1 aromatic rings. The van der Waals surface area contributed by atoms with Crippen LogP contribution < -0.4 is 11.1 Å². The molecule has 0 aromatic carbocycles. The quantitative estimate of drug-likeness (QED) is 0.699. The molecule has 2 rings (SSSR count). The van der Waals surface area contributed by atoms with Gasteiger partial charge in [0, 0.05) is 32.3 Å². The number of rotatable bonds is 4. The van der Waals surface area contributed by atoms with Crippen LogP contribution in [0.15, 0.2) is 6.20 Å². The molecule has 2 atom stereocenters. The summed E-state index contributed by atoms with van der Waals surface area (Å²) >= 11 is 0. The summed E-state index contributed by atoms with van der Waals surface area (Å²) in [5, 5.41) is 17.0. The largest absolute Gasteiger partial charge is 0.396 e. The monoisotopic (exact) mass is 268 g/mol. The number of carbonyl (C=O) groups is 1. The Kier molecular flexibility index (Phi) is 3.77. The number of hydrogen-bond donors (Lipinski definition) is 3. The molecular formula is C12H20N4O3. The maximum absolute atomic E-state index is 12.0. The number of carbonyl (C=O) groups excluding carboxylic acids is 1. The molecule has 7 nitrogen and oxygen atoms in total. The van der Waals surface area contributed by atoms with Gasteiger partial charge in [0.15, 0.2) is 5.69 Å². The van der Waals surface area contributed by atoms with E-state index in [9.17, 15) is 9.90 Å². The molecule has 1 aliphatic rings. The van der Waals surface area contributed by atoms with Gasteiger partial charge in [-0.05, 0) is 13.8 Å². The van der Waals surface area contributed by atoms with Gasteiger partial charge in [0.1, 0.15) is 5.60 Å². The maximum atomic E-state index is 12.0. The summed E-state index contributed by atoms with van der Waals surface area (Å²) in [7, 11) is 0. The Hall–Kier alpha value is -1.60. The Labute approximate surface area is 111 Å². The highest BCUT2D eigenvalue weighted by atomic mass is 16.5. The summed E-state index contributed by atoms with van der Waals surface area (Å²) in [6.45, 7) is 4.98. The number of aryl methyl sites for hydroxylation is 1. The van der Waals surface area contributed by atoms with Crippen molar-refractivity contribution in [3.63, 3.8) is 0 Å². The minimum Gasteiger partial charge on any atom is -0.396 e. The zero-order chi connectivity index (χ0) is 14.0. The van der Waals surface area contributed by atoms with Crippen LogP contribution in [0.4, 0.5) is 5.69 Å². The molecule has 106 valence electrons. The van der Waals surface area contributed by atoms with E-state index in [2.05, 4.69) is 10.4 Å². The van der Waals surface area contributed by atoms with Gasteiger partial charge in [-0.15, -0.1) is 0 Å². The zero-order valence-electron chi connectivity index (χ0n) is 11.2. The van der Waals surface area contributed by atoms with E-state index in [1.54, 1.807) is 17.8 Å². The van der Waals surface area contributed by atoms with Gasteiger partial charge in [-0.1, -0.05) is 0 Å². The highest BCUT2D eigenvalue weighted by molar-refractivity contribution is 5.97. The van der Waals surface area contributed by atoms with Crippen molar-refractivity contribution >= 4 is 11.6 Å². The number of amides is 1. The molecule has 19 heavy (non-hydrogen) atoms. The van der Waals surface area contributed by atoms with Crippen molar-refractivity contribution in [1.82, 2.24) is 15.1 Å². The fraction of sp³-hybridized carbons (Fsp3) is 0.667. The SMILES string of the molecule is CCn1cc(N)c(C(=O)NCC2(O)CCOC2C)n1. The molecule has 1 fully saturated rings. The number of nitrogen functional groups attached to an aromatic ring is 1. The van der Waals surface area contributed by atoms with Crippen molar-refractivity contribution in [2.24, 2.45) is 0 Å². The van der Waals surface area contributed by atoms with Crippen LogP contribution in [0, 0.1) is 0 Å². The Morgan fingerprint density at radius 2 is 2.53 bits per heavy atom. The molecular weight excluding hydrogens is 248 g/mol. The summed E-state index contributed by atoms with van der Waals surface area (Å²) in [6.07, 6.45) is 1.83. The molecule has 0 spiro atoms. The lowest BCUT2D eigenvalue weighted by Gasteiger charge is -2.25. The topological polar surface area (TPSA) is 102 Å². The molecule has 1 amide bonds. The lowest BCUT2D eigenvalue weighted by molar-refractivity contribution is -0.0252. The molecule has 1 saturated heterocycles. The standard InChI is InChI=1S/C12H20N4O3/c1-3-16-6-9(13)10(15-16)11(17)14-7-12(18)4-5-19-8(12)2/h6,8,18H,3-5,7,13H2,1-2H3,(H,14,17). The second-order valence-electron chi connectivity index (χ2n) is 4.84. The van der Waals surface area contributed by atoms with Gasteiger partial charge in [-0.25, -0.2) is 0 Å². The van der Waals surface area contributed by atoms with Crippen LogP contribution in [0.3, 0.4) is 0 Å². The van der Waals surface area contributed by atoms with Crippen molar-refractivity contribution in [2.75, 3.05) is 18.9 Å². The Morgan fingerprint density at radius 3 is 3.05 bits per heavy atom. The van der Waals surface area contributed by atoms with E-state index >= 15 is 0 Å². The first-order chi connectivity index (χ1) is 8.96. The van der Waals surface area contributed by atoms with Gasteiger partial charge < -0.3 is 20.9 Å². The van der Waals surface area contributed by atoms with Gasteiger partial charge in [-0.3, -0.25) is 9.48 Å². The van der Waals surface area contributed by atoms with Crippen LogP contribution in [-0.2, 0) is 11.3 Å². The van der Waals surface area contributed by atoms with Crippen LogP contribution in [0.2, 0.25) is 0 Å². The van der Waals surface area contributed by atoms with Gasteiger partial charge in [0.2, 0.25) is 0 Å². The predicted molar refractivity (Wildman–Crippen MR) is 69.6 cm³/mol. The van der Waals surface area contributed by atoms with Crippen molar-refractivity contribution in [2.45, 2.75) is 38.5 Å². The number of nitrogens with zero attached hydrogens (tertiary/aromatic N) is 2. The van der Waals surface area contributed by atoms with Gasteiger partial charge in [0.25, 0.3) is 5.91 Å². The average molecular weight is 268 g/mol. The highest BCUT2D eigenvalue weighted by Crippen LogP contribution is 2.24. The molecule has 0 saturated carbocycles. The van der Waals surface area contributed by atoms with Crippen LogP contribution in [0.5, 0.6) is 0 Å². The molecule has 4 N–H and O–H groups in total. The van der Waals surface area contributed by atoms with E-state index in [1.807, 2.05) is 6.92 Å². The van der Waals surface area contributed by atoms with Gasteiger partial charge in [0.05, 0.1) is 11.8 Å². The lowest BCUT2D eigenvalue weighted by Crippen LogP contribution is -2.47. The van der Waals surface area contributed by atoms with Crippen molar-refractivity contribution < 1.29 is 14.6 Å². The third kappa shape index (κ3) is 2.71. The number of hydrogen-bond acceptors (Lipinski definition) is 5. The second kappa shape index (κ2) is 5.18. The van der Waals surface area contributed by atoms with E-state index in [0.29, 0.717) is 25.3 Å². The summed E-state index contributed by atoms with van der Waals surface area (Å²) < 4.78 is 6.90. The van der Waals surface area contributed by atoms with Crippen LogP contribution in [0.1, 0.15) is 30.8 Å². The number of ether oxygens (including phenoxy) is 1. The first-order valence-electron chi connectivity index (χ1n) is 6.41. The van der Waals surface area contributed by atoms with Gasteiger partial charge >= 0.3 is 0 Å². The van der Waals surface area contributed by atoms with Crippen molar-refractivity contribution in [3.05, 3.63) is 11.9 Å². The summed E-state index contributed by atoms with van der Waals surface area (Å²) in [6, 6.07) is 0. The maximum Gasteiger partial charge on any atom is 0.274 e. The molecule has 0 aliphatic carbocycles. The predicted octanol–water partition coefficient (Wildman–Crippen LogP) is -0.245. The lowest BCUT2D eigenvalue weighted by atomic mass is 9.97. The van der Waals surface area contributed by atoms with E-state index in [-0.39, 0.29) is 24.2 Å². The highest BCUT2D eigenvalue weighted by Gasteiger charge is 2.39. The van der Waals surface area contributed by atoms with Crippen LogP contribution in [-0.4, -0.2) is 45.7 Å². The first kappa shape index (κ1) is 13.8. The molecule has 2 heterocycles. The number of aromatic nitrogens is 2. The molecule has 0 bridgehead atoms. The number of nitrogens with one attached hydrogen (secondary N) is 1. The molecule has 1 aromatic heterocycles. The Balaban J connectivity index is 1.99. The third-order valence-corrected chi connectivity index (χ3v) is 3.54. The van der Waals surface area contributed by atoms with Crippen LogP contribution in [0.25, 0.3) is 0 Å². The third-order valence-electron chi connectivity index (χ3n) is 3.54. The van der Waals surface area contributed by atoms with Gasteiger partial charge in [-0.2, -0.15) is 5.10 Å². The fourth-order valence-corrected chi connectivity index (χ4v) is 2.10. The number of anilines is 1. The molecule has 2 unspecified atom stereocenters. The summed E-state index contributed by atoms with van der Waals surface area (Å²) in [5.41, 5.74) is 5.24. The summed E-state index contributed by atoms with van der Waals surface area (Å²) in [4.78, 5) is 12.0. The first-order valence-corrected chi connectivity index (χ1v) is 6.41. The normalized spacial score (nSPS) is 26.6. The second-order valence-corrected chi connectivity index (χ2v) is 4.84. The average Bonchev–Trinajstić information content (AvgIpc) is 2.91. The summed E-state index contributed by atoms with van der Waals surface area (Å²) in [5.74, 6) is -0.378. The van der Waals surface area contributed by atoms with E-state index in [1.165, 1.54) is 0 Å². The van der Waals surface area contributed by atoms with Crippen molar-refractivity contribution in [1.29, 1.82) is 0 Å². The van der Waals surface area contributed by atoms with E-state index < -0.39 is 5.60 Å². The fourth-order valence-electron chi connectivity index (χ4n) is 2.10. The molecule has 7 heteroatoms. The Bertz CT molecular complexity index is 474. The minimum atomic E-state index is -1.02. The Morgan fingerprint density at radius 1 is 1.79 bits per heavy atom. The molecule has 1 aliphatic heterocycles. The zero-order valence-corrected chi connectivity index (χ0v) is 11.2. The van der Waals surface area contributed by atoms with E-state index in [0.717, 1.165) is 0 Å².